The molecule has 0 spiro atoms. The lowest BCUT2D eigenvalue weighted by Gasteiger charge is -2.45. The molecule has 0 bridgehead atoms. The minimum absolute atomic E-state index is 0.0975. The van der Waals surface area contributed by atoms with Gasteiger partial charge in [0.2, 0.25) is 0 Å². The fourth-order valence-electron chi connectivity index (χ4n) is 5.50. The molecule has 0 aliphatic carbocycles. The number of anilines is 8. The smallest absolute Gasteiger partial charge is 0.134 e. The van der Waals surface area contributed by atoms with Gasteiger partial charge in [0.1, 0.15) is 12.3 Å². The molecule has 0 saturated carbocycles. The summed E-state index contributed by atoms with van der Waals surface area (Å²) in [6.07, 6.45) is 0.0902. The Morgan fingerprint density at radius 1 is 0.565 bits per heavy atom. The predicted molar refractivity (Wildman–Crippen MR) is 191 cm³/mol. The van der Waals surface area contributed by atoms with Gasteiger partial charge in [0, 0.05) is 78.2 Å². The summed E-state index contributed by atoms with van der Waals surface area (Å²) in [5, 5.41) is 35.1. The Bertz CT molecular complexity index is 1390. The summed E-state index contributed by atoms with van der Waals surface area (Å²) in [6.45, 7) is 2.00. The average molecular weight is 629 g/mol. The van der Waals surface area contributed by atoms with Gasteiger partial charge in [-0.2, -0.15) is 0 Å². The Hall–Kier alpha value is -4.68. The van der Waals surface area contributed by atoms with Crippen LogP contribution in [0.3, 0.4) is 0 Å². The summed E-state index contributed by atoms with van der Waals surface area (Å²) >= 11 is 0. The van der Waals surface area contributed by atoms with Crippen LogP contribution >= 0.6 is 0 Å². The lowest BCUT2D eigenvalue weighted by molar-refractivity contribution is 0.0710. The highest BCUT2D eigenvalue weighted by molar-refractivity contribution is 5.69. The van der Waals surface area contributed by atoms with Crippen molar-refractivity contribution in [2.75, 3.05) is 84.0 Å². The van der Waals surface area contributed by atoms with Gasteiger partial charge in [-0.1, -0.05) is 0 Å². The van der Waals surface area contributed by atoms with Crippen molar-refractivity contribution in [3.63, 3.8) is 0 Å². The first kappa shape index (κ1) is 34.2. The Labute approximate surface area is 271 Å². The molecule has 0 aliphatic heterocycles. The van der Waals surface area contributed by atoms with Gasteiger partial charge in [0.05, 0.1) is 13.2 Å². The Balaban J connectivity index is 1.73. The van der Waals surface area contributed by atoms with Crippen molar-refractivity contribution in [2.24, 2.45) is 0 Å². The quantitative estimate of drug-likeness (QED) is 0.0458. The highest BCUT2D eigenvalue weighted by Crippen LogP contribution is 2.34. The molecule has 4 rings (SSSR count). The zero-order chi connectivity index (χ0) is 32.9. The summed E-state index contributed by atoms with van der Waals surface area (Å²) in [5.74, 6) is 0. The number of nitrogen functional groups attached to an aromatic ring is 4. The molecular weight excluding hydrogens is 580 g/mol. The van der Waals surface area contributed by atoms with Crippen molar-refractivity contribution in [3.05, 3.63) is 97.1 Å². The number of unbranched alkanes of at least 4 members (excludes halogenated alkanes) is 1. The van der Waals surface area contributed by atoms with Gasteiger partial charge in [-0.3, -0.25) is 4.90 Å². The van der Waals surface area contributed by atoms with Crippen LogP contribution in [0.1, 0.15) is 12.8 Å². The minimum Gasteiger partial charge on any atom is -0.399 e. The van der Waals surface area contributed by atoms with Gasteiger partial charge >= 0.3 is 0 Å². The molecule has 246 valence electrons. The minimum atomic E-state index is -0.960. The largest absolute Gasteiger partial charge is 0.399 e. The number of nitrogens with one attached hydrogen (secondary N) is 1. The molecule has 2 unspecified atom stereocenters. The lowest BCUT2D eigenvalue weighted by atomic mass is 10.1. The van der Waals surface area contributed by atoms with E-state index in [1.54, 1.807) is 0 Å². The van der Waals surface area contributed by atoms with Crippen LogP contribution < -0.4 is 38.1 Å². The van der Waals surface area contributed by atoms with E-state index in [0.29, 0.717) is 36.7 Å². The zero-order valence-corrected chi connectivity index (χ0v) is 26.2. The highest BCUT2D eigenvalue weighted by Gasteiger charge is 2.34. The molecule has 0 saturated heterocycles. The fourth-order valence-corrected chi connectivity index (χ4v) is 5.50. The summed E-state index contributed by atoms with van der Waals surface area (Å²) in [7, 11) is 0. The molecule has 0 amide bonds. The van der Waals surface area contributed by atoms with Crippen LogP contribution in [0.5, 0.6) is 0 Å². The number of hydrogen-bond donors (Lipinski definition) is 8. The van der Waals surface area contributed by atoms with Crippen molar-refractivity contribution in [2.45, 2.75) is 25.1 Å². The topological polar surface area (TPSA) is 187 Å². The van der Waals surface area contributed by atoms with Gasteiger partial charge in [-0.25, -0.2) is 0 Å². The summed E-state index contributed by atoms with van der Waals surface area (Å²) in [5.41, 5.74) is 30.3. The van der Waals surface area contributed by atoms with E-state index >= 15 is 0 Å². The molecule has 0 aromatic heterocycles. The van der Waals surface area contributed by atoms with Crippen LogP contribution in [0.4, 0.5) is 45.5 Å². The van der Waals surface area contributed by atoms with Gasteiger partial charge in [0.15, 0.2) is 0 Å². The van der Waals surface area contributed by atoms with Gasteiger partial charge in [-0.05, 0) is 110 Å². The maximum Gasteiger partial charge on any atom is 0.134 e. The summed E-state index contributed by atoms with van der Waals surface area (Å²) in [4.78, 5) is 6.14. The van der Waals surface area contributed by atoms with Crippen LogP contribution in [0.2, 0.25) is 0 Å². The Morgan fingerprint density at radius 2 is 1.00 bits per heavy atom. The molecule has 12 N–H and O–H groups in total. The van der Waals surface area contributed by atoms with Gasteiger partial charge in [-0.15, -0.1) is 0 Å². The highest BCUT2D eigenvalue weighted by atomic mass is 16.3. The van der Waals surface area contributed by atoms with E-state index in [4.69, 9.17) is 22.9 Å². The molecule has 11 heteroatoms. The number of aliphatic hydroxyl groups excluding tert-OH is 3. The molecular formula is C35H48N8O3. The fraction of sp³-hybridized carbons (Fsp3) is 0.314. The average Bonchev–Trinajstić information content (AvgIpc) is 3.05. The molecule has 11 nitrogen and oxygen atoms in total. The predicted octanol–water partition coefficient (Wildman–Crippen LogP) is 3.53. The van der Waals surface area contributed by atoms with E-state index in [1.807, 2.05) is 102 Å². The first-order valence-corrected chi connectivity index (χ1v) is 15.6. The molecule has 46 heavy (non-hydrogen) atoms. The third kappa shape index (κ3) is 9.66. The van der Waals surface area contributed by atoms with Crippen LogP contribution in [0.15, 0.2) is 97.1 Å². The Kier molecular flexibility index (Phi) is 12.7. The van der Waals surface area contributed by atoms with Crippen molar-refractivity contribution in [1.82, 2.24) is 4.90 Å². The van der Waals surface area contributed by atoms with E-state index in [0.717, 1.165) is 47.8 Å². The number of aliphatic hydroxyl groups is 3. The van der Waals surface area contributed by atoms with Crippen LogP contribution in [-0.2, 0) is 0 Å². The van der Waals surface area contributed by atoms with Gasteiger partial charge < -0.3 is 53.4 Å². The third-order valence-corrected chi connectivity index (χ3v) is 7.84. The monoisotopic (exact) mass is 628 g/mol. The number of nitrogens with zero attached hydrogens (tertiary/aromatic N) is 3. The molecule has 0 fully saturated rings. The Morgan fingerprint density at radius 3 is 1.46 bits per heavy atom. The molecule has 0 radical (unpaired) electrons. The lowest BCUT2D eigenvalue weighted by Crippen LogP contribution is -2.57. The zero-order valence-electron chi connectivity index (χ0n) is 26.2. The van der Waals surface area contributed by atoms with Crippen molar-refractivity contribution in [3.8, 4) is 0 Å². The second-order valence-electron chi connectivity index (χ2n) is 11.3. The van der Waals surface area contributed by atoms with Crippen LogP contribution in [-0.4, -0.2) is 78.4 Å². The van der Waals surface area contributed by atoms with Gasteiger partial charge in [0.25, 0.3) is 0 Å². The first-order valence-electron chi connectivity index (χ1n) is 15.6. The molecule has 4 aromatic carbocycles. The molecule has 4 aromatic rings. The SMILES string of the molecule is Nc1ccc(NCCCCN(c2ccc(N)cc2)C(C(O)CN(CCO)CCO)N(c2ccc(N)cc2)c2ccc(N)cc2)cc1. The number of hydrogen-bond acceptors (Lipinski definition) is 11. The maximum absolute atomic E-state index is 12.2. The maximum atomic E-state index is 12.2. The molecule has 0 heterocycles. The van der Waals surface area contributed by atoms with E-state index in [2.05, 4.69) is 15.1 Å². The normalized spacial score (nSPS) is 12.5. The number of benzene rings is 4. The third-order valence-electron chi connectivity index (χ3n) is 7.84. The van der Waals surface area contributed by atoms with E-state index in [1.165, 1.54) is 0 Å². The first-order chi connectivity index (χ1) is 22.3. The second kappa shape index (κ2) is 17.1. The van der Waals surface area contributed by atoms with Crippen LogP contribution in [0, 0.1) is 0 Å². The van der Waals surface area contributed by atoms with E-state index in [-0.39, 0.29) is 19.8 Å². The standard InChI is InChI=1S/C35H48N8O3/c36-26-3-11-30(12-4-26)40-19-1-2-20-42(31-13-5-27(37)6-14-31)35(34(46)25-41(21-23-44)22-24-45)43(32-15-7-28(38)8-16-32)33-17-9-29(39)10-18-33/h3-18,34-35,40,44-46H,1-2,19-25,36-39H2. The molecule has 2 atom stereocenters. The number of nitrogens with two attached hydrogens (primary N) is 4. The van der Waals surface area contributed by atoms with E-state index < -0.39 is 12.3 Å². The van der Waals surface area contributed by atoms with E-state index in [9.17, 15) is 15.3 Å². The molecule has 0 aliphatic rings. The van der Waals surface area contributed by atoms with Crippen molar-refractivity contribution < 1.29 is 15.3 Å². The second-order valence-corrected chi connectivity index (χ2v) is 11.3. The van der Waals surface area contributed by atoms with Crippen LogP contribution in [0.25, 0.3) is 0 Å². The van der Waals surface area contributed by atoms with Crippen molar-refractivity contribution in [1.29, 1.82) is 0 Å². The summed E-state index contributed by atoms with van der Waals surface area (Å²) in [6, 6.07) is 30.4. The number of rotatable bonds is 18. The van der Waals surface area contributed by atoms with Crippen molar-refractivity contribution >= 4 is 45.5 Å². The summed E-state index contributed by atoms with van der Waals surface area (Å²) < 4.78 is 0.